The topological polar surface area (TPSA) is 71.8 Å². The highest BCUT2D eigenvalue weighted by atomic mass is 35.5. The fraction of sp³-hybridized carbons (Fsp3) is 0.333. The molecule has 0 bridgehead atoms. The van der Waals surface area contributed by atoms with Crippen LogP contribution in [0.15, 0.2) is 46.9 Å². The van der Waals surface area contributed by atoms with Crippen molar-refractivity contribution in [3.8, 4) is 0 Å². The Labute approximate surface area is 186 Å². The number of fused-ring (bicyclic) bond motifs is 1. The number of ether oxygens (including phenoxy) is 1. The summed E-state index contributed by atoms with van der Waals surface area (Å²) in [6.45, 7) is 7.28. The van der Waals surface area contributed by atoms with Crippen LogP contribution in [0.2, 0.25) is 5.02 Å². The Bertz CT molecular complexity index is 1110. The summed E-state index contributed by atoms with van der Waals surface area (Å²) in [5.74, 6) is -0.0185. The molecule has 162 valence electrons. The first-order valence-corrected chi connectivity index (χ1v) is 10.7. The number of rotatable bonds is 4. The molecule has 2 unspecified atom stereocenters. The van der Waals surface area contributed by atoms with Crippen LogP contribution >= 0.6 is 11.6 Å². The predicted octanol–water partition coefficient (Wildman–Crippen LogP) is 4.57. The minimum absolute atomic E-state index is 0.00542. The van der Waals surface area contributed by atoms with Gasteiger partial charge in [-0.3, -0.25) is 9.59 Å². The van der Waals surface area contributed by atoms with E-state index >= 15 is 0 Å². The molecular weight excluding hydrogens is 416 g/mol. The van der Waals surface area contributed by atoms with Gasteiger partial charge >= 0.3 is 0 Å². The number of morpholine rings is 1. The maximum Gasteiger partial charge on any atom is 0.287 e. The van der Waals surface area contributed by atoms with Crippen LogP contribution < -0.4 is 5.32 Å². The second-order valence-corrected chi connectivity index (χ2v) is 8.48. The first-order chi connectivity index (χ1) is 14.8. The Balaban J connectivity index is 1.40. The second-order valence-electron chi connectivity index (χ2n) is 8.04. The lowest BCUT2D eigenvalue weighted by Gasteiger charge is -2.35. The molecule has 0 saturated carbocycles. The van der Waals surface area contributed by atoms with E-state index in [-0.39, 0.29) is 29.8 Å². The molecule has 0 aliphatic carbocycles. The number of hydrogen-bond donors (Lipinski definition) is 1. The van der Waals surface area contributed by atoms with Gasteiger partial charge in [-0.2, -0.15) is 0 Å². The first kappa shape index (κ1) is 21.4. The zero-order valence-electron chi connectivity index (χ0n) is 17.8. The van der Waals surface area contributed by atoms with Crippen molar-refractivity contribution in [2.75, 3.05) is 13.1 Å². The molecular formula is C24H25ClN2O4. The van der Waals surface area contributed by atoms with Gasteiger partial charge < -0.3 is 19.4 Å². The average Bonchev–Trinajstić information content (AvgIpc) is 3.07. The van der Waals surface area contributed by atoms with Crippen molar-refractivity contribution in [1.29, 1.82) is 0 Å². The number of nitrogens with one attached hydrogen (secondary N) is 1. The second kappa shape index (κ2) is 8.73. The smallest absolute Gasteiger partial charge is 0.287 e. The number of hydrogen-bond acceptors (Lipinski definition) is 4. The van der Waals surface area contributed by atoms with Crippen molar-refractivity contribution < 1.29 is 18.7 Å². The summed E-state index contributed by atoms with van der Waals surface area (Å²) in [4.78, 5) is 27.2. The Morgan fingerprint density at radius 2 is 1.77 bits per heavy atom. The molecule has 0 spiro atoms. The van der Waals surface area contributed by atoms with E-state index < -0.39 is 0 Å². The summed E-state index contributed by atoms with van der Waals surface area (Å²) in [6, 6.07) is 12.6. The van der Waals surface area contributed by atoms with Gasteiger partial charge in [-0.15, -0.1) is 0 Å². The van der Waals surface area contributed by atoms with Gasteiger partial charge in [0.25, 0.3) is 11.8 Å². The molecule has 7 heteroatoms. The zero-order valence-corrected chi connectivity index (χ0v) is 18.5. The number of furan rings is 1. The normalized spacial score (nSPS) is 18.9. The fourth-order valence-electron chi connectivity index (χ4n) is 3.96. The highest BCUT2D eigenvalue weighted by molar-refractivity contribution is 6.31. The SMILES string of the molecule is Cc1c(C(=O)NCc2ccc(C(=O)N3CC(C)OC(C)C3)cc2)oc2ccc(Cl)cc12. The van der Waals surface area contributed by atoms with Gasteiger partial charge in [0.2, 0.25) is 0 Å². The molecule has 1 fully saturated rings. The quantitative estimate of drug-likeness (QED) is 0.644. The van der Waals surface area contributed by atoms with Gasteiger partial charge in [0.1, 0.15) is 5.58 Å². The Morgan fingerprint density at radius 1 is 1.10 bits per heavy atom. The average molecular weight is 441 g/mol. The van der Waals surface area contributed by atoms with Crippen LogP contribution in [0.4, 0.5) is 0 Å². The number of carbonyl (C=O) groups is 2. The summed E-state index contributed by atoms with van der Waals surface area (Å²) >= 11 is 6.04. The van der Waals surface area contributed by atoms with Crippen LogP contribution in [0.5, 0.6) is 0 Å². The molecule has 1 aliphatic rings. The Morgan fingerprint density at radius 3 is 2.45 bits per heavy atom. The summed E-state index contributed by atoms with van der Waals surface area (Å²) in [6.07, 6.45) is 0.0554. The predicted molar refractivity (Wildman–Crippen MR) is 119 cm³/mol. The number of carbonyl (C=O) groups excluding carboxylic acids is 2. The van der Waals surface area contributed by atoms with Crippen molar-refractivity contribution in [2.24, 2.45) is 0 Å². The molecule has 1 N–H and O–H groups in total. The molecule has 31 heavy (non-hydrogen) atoms. The molecule has 2 atom stereocenters. The fourth-order valence-corrected chi connectivity index (χ4v) is 4.14. The van der Waals surface area contributed by atoms with E-state index in [1.165, 1.54) is 0 Å². The van der Waals surface area contributed by atoms with E-state index in [1.807, 2.05) is 37.8 Å². The van der Waals surface area contributed by atoms with Gasteiger partial charge in [-0.25, -0.2) is 0 Å². The highest BCUT2D eigenvalue weighted by Crippen LogP contribution is 2.28. The molecule has 1 aromatic heterocycles. The van der Waals surface area contributed by atoms with Crippen LogP contribution in [-0.4, -0.2) is 42.0 Å². The lowest BCUT2D eigenvalue weighted by Crippen LogP contribution is -2.48. The Kier molecular flexibility index (Phi) is 6.03. The molecule has 4 rings (SSSR count). The van der Waals surface area contributed by atoms with E-state index in [2.05, 4.69) is 5.32 Å². The minimum Gasteiger partial charge on any atom is -0.451 e. The number of halogens is 1. The van der Waals surface area contributed by atoms with Gasteiger partial charge in [0, 0.05) is 41.2 Å². The van der Waals surface area contributed by atoms with Crippen LogP contribution in [0.3, 0.4) is 0 Å². The van der Waals surface area contributed by atoms with Crippen molar-refractivity contribution in [3.05, 3.63) is 69.9 Å². The summed E-state index contributed by atoms with van der Waals surface area (Å²) in [5, 5.41) is 4.30. The van der Waals surface area contributed by atoms with E-state index in [4.69, 9.17) is 20.8 Å². The summed E-state index contributed by atoms with van der Waals surface area (Å²) < 4.78 is 11.4. The van der Waals surface area contributed by atoms with E-state index in [1.54, 1.807) is 30.3 Å². The van der Waals surface area contributed by atoms with Gasteiger partial charge in [-0.05, 0) is 56.7 Å². The third-order valence-corrected chi connectivity index (χ3v) is 5.70. The van der Waals surface area contributed by atoms with Crippen molar-refractivity contribution in [1.82, 2.24) is 10.2 Å². The monoisotopic (exact) mass is 440 g/mol. The minimum atomic E-state index is -0.290. The maximum atomic E-state index is 12.8. The number of benzene rings is 2. The molecule has 1 saturated heterocycles. The van der Waals surface area contributed by atoms with E-state index in [0.717, 1.165) is 16.5 Å². The van der Waals surface area contributed by atoms with Crippen molar-refractivity contribution in [2.45, 2.75) is 39.5 Å². The van der Waals surface area contributed by atoms with Gasteiger partial charge in [0.05, 0.1) is 12.2 Å². The lowest BCUT2D eigenvalue weighted by molar-refractivity contribution is -0.0586. The van der Waals surface area contributed by atoms with Crippen LogP contribution in [0, 0.1) is 6.92 Å². The molecule has 2 amide bonds. The first-order valence-electron chi connectivity index (χ1n) is 10.3. The maximum absolute atomic E-state index is 12.8. The van der Waals surface area contributed by atoms with Crippen LogP contribution in [-0.2, 0) is 11.3 Å². The molecule has 3 aromatic rings. The zero-order chi connectivity index (χ0) is 22.1. The van der Waals surface area contributed by atoms with E-state index in [9.17, 15) is 9.59 Å². The lowest BCUT2D eigenvalue weighted by atomic mass is 10.1. The largest absolute Gasteiger partial charge is 0.451 e. The van der Waals surface area contributed by atoms with Crippen molar-refractivity contribution >= 4 is 34.4 Å². The van der Waals surface area contributed by atoms with Crippen LogP contribution in [0.25, 0.3) is 11.0 Å². The molecule has 2 aromatic carbocycles. The van der Waals surface area contributed by atoms with E-state index in [0.29, 0.717) is 35.8 Å². The Hall–Kier alpha value is -2.83. The highest BCUT2D eigenvalue weighted by Gasteiger charge is 2.26. The summed E-state index contributed by atoms with van der Waals surface area (Å²) in [5.41, 5.74) is 2.90. The third-order valence-electron chi connectivity index (χ3n) is 5.47. The standard InChI is InChI=1S/C24H25ClN2O4/c1-14-12-27(13-15(2)30-14)24(29)18-6-4-17(5-7-18)11-26-23(28)22-16(3)20-10-19(25)8-9-21(20)31-22/h4-10,14-15H,11-13H2,1-3H3,(H,26,28). The molecule has 1 aliphatic heterocycles. The summed E-state index contributed by atoms with van der Waals surface area (Å²) in [7, 11) is 0. The molecule has 0 radical (unpaired) electrons. The number of amides is 2. The van der Waals surface area contributed by atoms with Gasteiger partial charge in [-0.1, -0.05) is 23.7 Å². The molecule has 2 heterocycles. The number of nitrogens with zero attached hydrogens (tertiary/aromatic N) is 1. The third kappa shape index (κ3) is 4.60. The number of aryl methyl sites for hydroxylation is 1. The van der Waals surface area contributed by atoms with Crippen molar-refractivity contribution in [3.63, 3.8) is 0 Å². The van der Waals surface area contributed by atoms with Crippen LogP contribution in [0.1, 0.15) is 45.9 Å². The van der Waals surface area contributed by atoms with Gasteiger partial charge in [0.15, 0.2) is 5.76 Å². The molecule has 6 nitrogen and oxygen atoms in total.